The van der Waals surface area contributed by atoms with Gasteiger partial charge in [0.2, 0.25) is 5.91 Å². The van der Waals surface area contributed by atoms with Gasteiger partial charge in [0, 0.05) is 17.0 Å². The second kappa shape index (κ2) is 9.82. The van der Waals surface area contributed by atoms with E-state index in [9.17, 15) is 9.18 Å². The number of rotatable bonds is 7. The van der Waals surface area contributed by atoms with Crippen molar-refractivity contribution in [2.24, 2.45) is 0 Å². The minimum Gasteiger partial charge on any atom is -0.489 e. The van der Waals surface area contributed by atoms with Gasteiger partial charge in [0.25, 0.3) is 0 Å². The second-order valence-electron chi connectivity index (χ2n) is 6.71. The quantitative estimate of drug-likeness (QED) is 0.356. The van der Waals surface area contributed by atoms with Crippen molar-refractivity contribution >= 4 is 28.5 Å². The van der Waals surface area contributed by atoms with E-state index in [4.69, 9.17) is 4.74 Å². The fourth-order valence-corrected chi connectivity index (χ4v) is 3.54. The predicted molar refractivity (Wildman–Crippen MR) is 122 cm³/mol. The van der Waals surface area contributed by atoms with E-state index in [1.165, 1.54) is 29.5 Å². The number of hydrogen-bond donors (Lipinski definition) is 1. The number of benzene rings is 3. The number of ether oxygens (including phenoxy) is 1. The molecule has 1 aromatic heterocycles. The lowest BCUT2D eigenvalue weighted by atomic mass is 10.2. The summed E-state index contributed by atoms with van der Waals surface area (Å²) in [5.41, 5.74) is 3.47. The number of aromatic nitrogens is 1. The molecule has 0 atom stereocenters. The molecular weight excluding hydrogens is 411 g/mol. The third-order valence-electron chi connectivity index (χ3n) is 4.43. The Morgan fingerprint density at radius 2 is 1.74 bits per heavy atom. The molecule has 1 heterocycles. The number of nitrogens with one attached hydrogen (secondary N) is 1. The average Bonchev–Trinajstić information content (AvgIpc) is 3.26. The first-order valence-corrected chi connectivity index (χ1v) is 10.5. The van der Waals surface area contributed by atoms with Crippen molar-refractivity contribution in [3.05, 3.63) is 107 Å². The summed E-state index contributed by atoms with van der Waals surface area (Å²) in [5.74, 6) is 0.194. The van der Waals surface area contributed by atoms with Gasteiger partial charge in [-0.3, -0.25) is 10.1 Å². The molecule has 0 spiro atoms. The molecule has 0 bridgehead atoms. The smallest absolute Gasteiger partial charge is 0.250 e. The zero-order chi connectivity index (χ0) is 21.5. The van der Waals surface area contributed by atoms with Crippen molar-refractivity contribution in [1.82, 2.24) is 4.98 Å². The Hall–Kier alpha value is -3.77. The van der Waals surface area contributed by atoms with Crippen molar-refractivity contribution in [1.29, 1.82) is 0 Å². The molecule has 4 nitrogen and oxygen atoms in total. The molecule has 154 valence electrons. The summed E-state index contributed by atoms with van der Waals surface area (Å²) in [6, 6.07) is 23.6. The molecule has 3 aromatic carbocycles. The lowest BCUT2D eigenvalue weighted by Crippen LogP contribution is -2.07. The molecule has 0 saturated heterocycles. The lowest BCUT2D eigenvalue weighted by molar-refractivity contribution is -0.111. The van der Waals surface area contributed by atoms with Crippen LogP contribution >= 0.6 is 11.3 Å². The molecule has 4 aromatic rings. The highest BCUT2D eigenvalue weighted by Gasteiger charge is 2.06. The van der Waals surface area contributed by atoms with E-state index in [1.807, 2.05) is 60.0 Å². The lowest BCUT2D eigenvalue weighted by Gasteiger charge is -2.06. The van der Waals surface area contributed by atoms with Crippen molar-refractivity contribution in [3.63, 3.8) is 0 Å². The number of halogens is 1. The van der Waals surface area contributed by atoms with Crippen molar-refractivity contribution < 1.29 is 13.9 Å². The molecule has 31 heavy (non-hydrogen) atoms. The second-order valence-corrected chi connectivity index (χ2v) is 7.57. The van der Waals surface area contributed by atoms with Gasteiger partial charge in [0.1, 0.15) is 18.2 Å². The number of carbonyl (C=O) groups is 1. The Kier molecular flexibility index (Phi) is 6.50. The molecule has 0 unspecified atom stereocenters. The van der Waals surface area contributed by atoms with Gasteiger partial charge in [0.15, 0.2) is 5.13 Å². The van der Waals surface area contributed by atoms with Crippen LogP contribution in [0.25, 0.3) is 17.3 Å². The molecule has 1 N–H and O–H groups in total. The number of thiazole rings is 1. The zero-order valence-corrected chi connectivity index (χ0v) is 17.3. The van der Waals surface area contributed by atoms with Crippen LogP contribution in [0.3, 0.4) is 0 Å². The molecular formula is C25H19FN2O2S. The van der Waals surface area contributed by atoms with E-state index in [2.05, 4.69) is 10.3 Å². The molecule has 1 amide bonds. The van der Waals surface area contributed by atoms with E-state index >= 15 is 0 Å². The van der Waals surface area contributed by atoms with Gasteiger partial charge >= 0.3 is 0 Å². The van der Waals surface area contributed by atoms with Crippen LogP contribution in [-0.4, -0.2) is 10.9 Å². The van der Waals surface area contributed by atoms with Crippen LogP contribution in [0.15, 0.2) is 90.3 Å². The Morgan fingerprint density at radius 3 is 2.48 bits per heavy atom. The normalized spacial score (nSPS) is 10.9. The van der Waals surface area contributed by atoms with Crippen molar-refractivity contribution in [2.75, 3.05) is 5.32 Å². The first kappa shape index (κ1) is 20.5. The fourth-order valence-electron chi connectivity index (χ4n) is 2.82. The summed E-state index contributed by atoms with van der Waals surface area (Å²) in [5, 5.41) is 5.05. The Labute approximate surface area is 183 Å². The summed E-state index contributed by atoms with van der Waals surface area (Å²) < 4.78 is 18.8. The SMILES string of the molecule is O=C(/C=C/c1ccc(OCc2ccccc2)cc1)Nc1nc(-c2ccc(F)cc2)cs1. The van der Waals surface area contributed by atoms with Crippen LogP contribution in [0.4, 0.5) is 9.52 Å². The Bertz CT molecular complexity index is 1170. The van der Waals surface area contributed by atoms with Gasteiger partial charge in [-0.2, -0.15) is 0 Å². The van der Waals surface area contributed by atoms with Crippen LogP contribution in [0, 0.1) is 5.82 Å². The van der Waals surface area contributed by atoms with Gasteiger partial charge in [0.05, 0.1) is 5.69 Å². The molecule has 0 aliphatic heterocycles. The number of hydrogen-bond acceptors (Lipinski definition) is 4. The van der Waals surface area contributed by atoms with Gasteiger partial charge in [-0.15, -0.1) is 11.3 Å². The van der Waals surface area contributed by atoms with Crippen molar-refractivity contribution in [3.8, 4) is 17.0 Å². The van der Waals surface area contributed by atoms with E-state index in [0.29, 0.717) is 17.4 Å². The summed E-state index contributed by atoms with van der Waals surface area (Å²) in [4.78, 5) is 16.6. The van der Waals surface area contributed by atoms with Gasteiger partial charge in [-0.05, 0) is 53.6 Å². The monoisotopic (exact) mass is 430 g/mol. The average molecular weight is 431 g/mol. The van der Waals surface area contributed by atoms with Crippen LogP contribution < -0.4 is 10.1 Å². The van der Waals surface area contributed by atoms with E-state index in [0.717, 1.165) is 22.4 Å². The maximum atomic E-state index is 13.0. The molecule has 0 fully saturated rings. The Balaban J connectivity index is 1.30. The fraction of sp³-hybridized carbons (Fsp3) is 0.0400. The standard InChI is InChI=1S/C25H19FN2O2S/c26-21-11-9-20(10-12-21)23-17-31-25(27-23)28-24(29)15-8-18-6-13-22(14-7-18)30-16-19-4-2-1-3-5-19/h1-15,17H,16H2,(H,27,28,29)/b15-8+. The molecule has 4 rings (SSSR count). The third kappa shape index (κ3) is 5.87. The topological polar surface area (TPSA) is 51.2 Å². The van der Waals surface area contributed by atoms with Gasteiger partial charge < -0.3 is 4.74 Å². The Morgan fingerprint density at radius 1 is 1.00 bits per heavy atom. The molecule has 0 saturated carbocycles. The summed E-state index contributed by atoms with van der Waals surface area (Å²) in [6.45, 7) is 0.506. The minimum atomic E-state index is -0.298. The largest absolute Gasteiger partial charge is 0.489 e. The predicted octanol–water partition coefficient (Wildman–Crippen LogP) is 6.18. The zero-order valence-electron chi connectivity index (χ0n) is 16.5. The maximum Gasteiger partial charge on any atom is 0.250 e. The summed E-state index contributed by atoms with van der Waals surface area (Å²) >= 11 is 1.32. The number of carbonyl (C=O) groups excluding carboxylic acids is 1. The van der Waals surface area contributed by atoms with E-state index < -0.39 is 0 Å². The number of nitrogens with zero attached hydrogens (tertiary/aromatic N) is 1. The summed E-state index contributed by atoms with van der Waals surface area (Å²) in [7, 11) is 0. The van der Waals surface area contributed by atoms with Crippen LogP contribution in [-0.2, 0) is 11.4 Å². The van der Waals surface area contributed by atoms with Crippen molar-refractivity contribution in [2.45, 2.75) is 6.61 Å². The molecule has 0 radical (unpaired) electrons. The van der Waals surface area contributed by atoms with Gasteiger partial charge in [-0.1, -0.05) is 42.5 Å². The highest BCUT2D eigenvalue weighted by atomic mass is 32.1. The maximum absolute atomic E-state index is 13.0. The third-order valence-corrected chi connectivity index (χ3v) is 5.19. The van der Waals surface area contributed by atoms with Gasteiger partial charge in [-0.25, -0.2) is 9.37 Å². The van der Waals surface area contributed by atoms with Crippen LogP contribution in [0.1, 0.15) is 11.1 Å². The van der Waals surface area contributed by atoms with E-state index in [1.54, 1.807) is 18.2 Å². The highest BCUT2D eigenvalue weighted by Crippen LogP contribution is 2.25. The first-order valence-electron chi connectivity index (χ1n) is 9.63. The van der Waals surface area contributed by atoms with Crippen LogP contribution in [0.5, 0.6) is 5.75 Å². The molecule has 0 aliphatic carbocycles. The molecule has 0 aliphatic rings. The van der Waals surface area contributed by atoms with Crippen LogP contribution in [0.2, 0.25) is 0 Å². The first-order chi connectivity index (χ1) is 15.2. The number of anilines is 1. The highest BCUT2D eigenvalue weighted by molar-refractivity contribution is 7.14. The number of amides is 1. The molecule has 6 heteroatoms. The van der Waals surface area contributed by atoms with E-state index in [-0.39, 0.29) is 11.7 Å². The summed E-state index contributed by atoms with van der Waals surface area (Å²) in [6.07, 6.45) is 3.18. The minimum absolute atomic E-state index is 0.274.